The quantitative estimate of drug-likeness (QED) is 0.471. The molecule has 1 aromatic heterocycles. The van der Waals surface area contributed by atoms with Gasteiger partial charge >= 0.3 is 6.03 Å². The van der Waals surface area contributed by atoms with E-state index in [0.717, 1.165) is 16.3 Å². The van der Waals surface area contributed by atoms with Crippen LogP contribution in [0, 0.1) is 6.92 Å². The topological polar surface area (TPSA) is 92.4 Å². The fraction of sp³-hybridized carbons (Fsp3) is 0.261. The van der Waals surface area contributed by atoms with Gasteiger partial charge in [0.05, 0.1) is 5.69 Å². The number of nitrogens with one attached hydrogen (secondary N) is 3. The minimum absolute atomic E-state index is 0.0678. The molecule has 0 bridgehead atoms. The van der Waals surface area contributed by atoms with Crippen molar-refractivity contribution in [2.24, 2.45) is 0 Å². The van der Waals surface area contributed by atoms with Crippen molar-refractivity contribution in [3.05, 3.63) is 65.2 Å². The van der Waals surface area contributed by atoms with Crippen LogP contribution in [0.1, 0.15) is 18.2 Å². The Morgan fingerprint density at radius 3 is 2.68 bits per heavy atom. The largest absolute Gasteiger partial charge is 0.484 e. The average Bonchev–Trinajstić information content (AvgIpc) is 3.22. The lowest BCUT2D eigenvalue weighted by Crippen LogP contribution is -2.30. The van der Waals surface area contributed by atoms with E-state index in [2.05, 4.69) is 52.1 Å². The first-order valence-electron chi connectivity index (χ1n) is 10.1. The zero-order chi connectivity index (χ0) is 22.1. The molecule has 3 aromatic rings. The number of carbonyl (C=O) groups excluding carboxylic acids is 2. The van der Waals surface area contributed by atoms with Crippen LogP contribution in [-0.4, -0.2) is 36.6 Å². The lowest BCUT2D eigenvalue weighted by atomic mass is 10.2. The average molecular weight is 439 g/mol. The van der Waals surface area contributed by atoms with E-state index in [-0.39, 0.29) is 18.5 Å². The number of anilines is 1. The Morgan fingerprint density at radius 1 is 1.10 bits per heavy atom. The lowest BCUT2D eigenvalue weighted by molar-refractivity contribution is -0.122. The highest BCUT2D eigenvalue weighted by atomic mass is 32.1. The minimum atomic E-state index is -0.310. The minimum Gasteiger partial charge on any atom is -0.484 e. The molecule has 0 radical (unpaired) electrons. The van der Waals surface area contributed by atoms with E-state index in [1.54, 1.807) is 35.6 Å². The van der Waals surface area contributed by atoms with Crippen LogP contribution in [0.25, 0.3) is 10.6 Å². The number of aryl methyl sites for hydroxylation is 1. The zero-order valence-corrected chi connectivity index (χ0v) is 18.4. The first-order chi connectivity index (χ1) is 15.0. The van der Waals surface area contributed by atoms with E-state index in [1.807, 2.05) is 12.3 Å². The Kier molecular flexibility index (Phi) is 8.00. The molecule has 3 amide bonds. The van der Waals surface area contributed by atoms with Gasteiger partial charge in [-0.1, -0.05) is 35.9 Å². The molecule has 0 aliphatic rings. The molecule has 162 valence electrons. The van der Waals surface area contributed by atoms with Crippen molar-refractivity contribution in [1.82, 2.24) is 15.6 Å². The van der Waals surface area contributed by atoms with Gasteiger partial charge in [0.15, 0.2) is 6.61 Å². The molecule has 31 heavy (non-hydrogen) atoms. The third kappa shape index (κ3) is 7.11. The van der Waals surface area contributed by atoms with E-state index >= 15 is 0 Å². The van der Waals surface area contributed by atoms with Gasteiger partial charge in [-0.15, -0.1) is 11.3 Å². The summed E-state index contributed by atoms with van der Waals surface area (Å²) in [6.07, 6.45) is 0.644. The molecule has 7 nitrogen and oxygen atoms in total. The molecule has 0 spiro atoms. The number of nitrogens with zero attached hydrogens (tertiary/aromatic N) is 1. The summed E-state index contributed by atoms with van der Waals surface area (Å²) in [5.41, 5.74) is 3.85. The molecular weight excluding hydrogens is 412 g/mol. The molecular formula is C23H26N4O3S. The fourth-order valence-corrected chi connectivity index (χ4v) is 3.65. The third-order valence-electron chi connectivity index (χ3n) is 4.35. The number of hydrogen-bond acceptors (Lipinski definition) is 5. The Labute approximate surface area is 185 Å². The van der Waals surface area contributed by atoms with Crippen LogP contribution < -0.4 is 20.7 Å². The smallest absolute Gasteiger partial charge is 0.319 e. The molecule has 8 heteroatoms. The van der Waals surface area contributed by atoms with Crippen LogP contribution in [0.2, 0.25) is 0 Å². The van der Waals surface area contributed by atoms with E-state index in [0.29, 0.717) is 30.9 Å². The molecule has 2 aromatic carbocycles. The maximum Gasteiger partial charge on any atom is 0.319 e. The number of benzene rings is 2. The SMILES string of the molecule is CCNC(=O)COc1cccc(NC(=O)NCCc2csc(-c3ccc(C)cc3)n2)c1. The molecule has 0 saturated heterocycles. The molecule has 0 atom stereocenters. The van der Waals surface area contributed by atoms with Gasteiger partial charge in [-0.2, -0.15) is 0 Å². The maximum atomic E-state index is 12.2. The summed E-state index contributed by atoms with van der Waals surface area (Å²) < 4.78 is 5.44. The van der Waals surface area contributed by atoms with Gasteiger partial charge in [0.25, 0.3) is 5.91 Å². The number of aromatic nitrogens is 1. The molecule has 1 heterocycles. The number of rotatable bonds is 9. The van der Waals surface area contributed by atoms with Crippen molar-refractivity contribution in [3.8, 4) is 16.3 Å². The predicted molar refractivity (Wildman–Crippen MR) is 124 cm³/mol. The molecule has 0 fully saturated rings. The Bertz CT molecular complexity index is 1020. The highest BCUT2D eigenvalue weighted by molar-refractivity contribution is 7.13. The Morgan fingerprint density at radius 2 is 1.90 bits per heavy atom. The predicted octanol–water partition coefficient (Wildman–Crippen LogP) is 4.00. The van der Waals surface area contributed by atoms with Crippen molar-refractivity contribution < 1.29 is 14.3 Å². The number of carbonyl (C=O) groups is 2. The van der Waals surface area contributed by atoms with Crippen LogP contribution in [0.15, 0.2) is 53.9 Å². The molecule has 0 aliphatic heterocycles. The second-order valence-corrected chi connectivity index (χ2v) is 7.77. The first-order valence-corrected chi connectivity index (χ1v) is 11.0. The first kappa shape index (κ1) is 22.3. The summed E-state index contributed by atoms with van der Waals surface area (Å²) in [5.74, 6) is 0.321. The molecule has 0 saturated carbocycles. The van der Waals surface area contributed by atoms with Crippen LogP contribution in [0.3, 0.4) is 0 Å². The van der Waals surface area contributed by atoms with Gasteiger partial charge < -0.3 is 20.7 Å². The van der Waals surface area contributed by atoms with E-state index in [4.69, 9.17) is 4.74 Å². The normalized spacial score (nSPS) is 10.4. The van der Waals surface area contributed by atoms with E-state index in [9.17, 15) is 9.59 Å². The standard InChI is InChI=1S/C23H26N4O3S/c1-3-24-21(28)14-30-20-6-4-5-18(13-20)27-23(29)25-12-11-19-15-31-22(26-19)17-9-7-16(2)8-10-17/h4-10,13,15H,3,11-12,14H2,1-2H3,(H,24,28)(H2,25,27,29). The second-order valence-electron chi connectivity index (χ2n) is 6.91. The van der Waals surface area contributed by atoms with Crippen LogP contribution in [0.4, 0.5) is 10.5 Å². The summed E-state index contributed by atoms with van der Waals surface area (Å²) in [6, 6.07) is 14.9. The molecule has 3 N–H and O–H groups in total. The second kappa shape index (κ2) is 11.1. The van der Waals surface area contributed by atoms with Crippen LogP contribution in [-0.2, 0) is 11.2 Å². The Balaban J connectivity index is 1.44. The van der Waals surface area contributed by atoms with E-state index < -0.39 is 0 Å². The molecule has 0 unspecified atom stereocenters. The van der Waals surface area contributed by atoms with Gasteiger partial charge in [-0.25, -0.2) is 9.78 Å². The van der Waals surface area contributed by atoms with Crippen molar-refractivity contribution in [3.63, 3.8) is 0 Å². The summed E-state index contributed by atoms with van der Waals surface area (Å²) in [4.78, 5) is 28.3. The highest BCUT2D eigenvalue weighted by Gasteiger charge is 2.07. The molecule has 0 aliphatic carbocycles. The van der Waals surface area contributed by atoms with Gasteiger partial charge in [0, 0.05) is 42.2 Å². The zero-order valence-electron chi connectivity index (χ0n) is 17.6. The Hall–Kier alpha value is -3.39. The summed E-state index contributed by atoms with van der Waals surface area (Å²) in [5, 5.41) is 11.3. The fourth-order valence-electron chi connectivity index (χ4n) is 2.79. The number of hydrogen-bond donors (Lipinski definition) is 3. The van der Waals surface area contributed by atoms with Gasteiger partial charge in [-0.05, 0) is 26.0 Å². The van der Waals surface area contributed by atoms with Crippen molar-refractivity contribution in [2.75, 3.05) is 25.0 Å². The van der Waals surface area contributed by atoms with Crippen molar-refractivity contribution >= 4 is 29.0 Å². The summed E-state index contributed by atoms with van der Waals surface area (Å²) in [7, 11) is 0. The van der Waals surface area contributed by atoms with Gasteiger partial charge in [0.1, 0.15) is 10.8 Å². The van der Waals surface area contributed by atoms with Crippen molar-refractivity contribution in [1.29, 1.82) is 0 Å². The summed E-state index contributed by atoms with van der Waals surface area (Å²) in [6.45, 7) is 4.86. The van der Waals surface area contributed by atoms with Crippen molar-refractivity contribution in [2.45, 2.75) is 20.3 Å². The number of thiazole rings is 1. The number of urea groups is 1. The third-order valence-corrected chi connectivity index (χ3v) is 5.29. The highest BCUT2D eigenvalue weighted by Crippen LogP contribution is 2.24. The monoisotopic (exact) mass is 438 g/mol. The molecule has 3 rings (SSSR count). The number of likely N-dealkylation sites (N-methyl/N-ethyl adjacent to an activating group) is 1. The summed E-state index contributed by atoms with van der Waals surface area (Å²) >= 11 is 1.60. The van der Waals surface area contributed by atoms with Gasteiger partial charge in [-0.3, -0.25) is 4.79 Å². The van der Waals surface area contributed by atoms with E-state index in [1.165, 1.54) is 5.56 Å². The van der Waals surface area contributed by atoms with Crippen LogP contribution >= 0.6 is 11.3 Å². The van der Waals surface area contributed by atoms with Gasteiger partial charge in [0.2, 0.25) is 0 Å². The lowest BCUT2D eigenvalue weighted by Gasteiger charge is -2.10. The maximum absolute atomic E-state index is 12.2. The number of amides is 3. The number of ether oxygens (including phenoxy) is 1. The van der Waals surface area contributed by atoms with Crippen LogP contribution in [0.5, 0.6) is 5.75 Å².